The minimum absolute atomic E-state index is 0.00451. The molecule has 2 amide bonds. The molecular weight excluding hydrogens is 300 g/mol. The first kappa shape index (κ1) is 16.8. The van der Waals surface area contributed by atoms with Crippen LogP contribution in [-0.4, -0.2) is 18.4 Å². The van der Waals surface area contributed by atoms with Crippen LogP contribution in [0.5, 0.6) is 0 Å². The van der Waals surface area contributed by atoms with Gasteiger partial charge in [-0.1, -0.05) is 43.4 Å². The van der Waals surface area contributed by atoms with Crippen LogP contribution in [0.3, 0.4) is 0 Å². The van der Waals surface area contributed by atoms with E-state index in [0.29, 0.717) is 23.0 Å². The van der Waals surface area contributed by atoms with Gasteiger partial charge in [-0.2, -0.15) is 0 Å². The van der Waals surface area contributed by atoms with E-state index in [1.165, 1.54) is 25.7 Å². The number of halogens is 1. The number of anilines is 1. The molecule has 0 heterocycles. The molecule has 0 saturated heterocycles. The standard InChI is InChI=1S/C17H23ClN2O2/c1-12-14(18)7-4-8-15(12)20-17(22)11-19-16(21)10-9-13-5-2-3-6-13/h4,7-8,13H,2-3,5-6,9-11H2,1H3,(H,19,21)(H,20,22). The van der Waals surface area contributed by atoms with E-state index in [2.05, 4.69) is 10.6 Å². The first-order valence-corrected chi connectivity index (χ1v) is 8.25. The number of amides is 2. The fourth-order valence-electron chi connectivity index (χ4n) is 2.84. The predicted octanol–water partition coefficient (Wildman–Crippen LogP) is 3.67. The quantitative estimate of drug-likeness (QED) is 0.839. The van der Waals surface area contributed by atoms with Crippen molar-refractivity contribution < 1.29 is 9.59 Å². The van der Waals surface area contributed by atoms with Crippen LogP contribution in [0.2, 0.25) is 5.02 Å². The van der Waals surface area contributed by atoms with Gasteiger partial charge in [-0.3, -0.25) is 9.59 Å². The fraction of sp³-hybridized carbons (Fsp3) is 0.529. The molecule has 1 aromatic carbocycles. The Kier molecular flexibility index (Phi) is 6.25. The summed E-state index contributed by atoms with van der Waals surface area (Å²) in [5.74, 6) is 0.401. The minimum Gasteiger partial charge on any atom is -0.347 e. The summed E-state index contributed by atoms with van der Waals surface area (Å²) in [6.07, 6.45) is 6.49. The van der Waals surface area contributed by atoms with Crippen LogP contribution in [0.15, 0.2) is 18.2 Å². The van der Waals surface area contributed by atoms with Crippen LogP contribution in [0.1, 0.15) is 44.1 Å². The second-order valence-electron chi connectivity index (χ2n) is 5.93. The summed E-state index contributed by atoms with van der Waals surface area (Å²) >= 11 is 6.01. The summed E-state index contributed by atoms with van der Waals surface area (Å²) in [7, 11) is 0. The van der Waals surface area contributed by atoms with Gasteiger partial charge in [0.1, 0.15) is 0 Å². The van der Waals surface area contributed by atoms with Crippen LogP contribution < -0.4 is 10.6 Å². The molecule has 1 aliphatic rings. The molecule has 5 heteroatoms. The average molecular weight is 323 g/mol. The molecule has 4 nitrogen and oxygen atoms in total. The number of carbonyl (C=O) groups excluding carboxylic acids is 2. The van der Waals surface area contributed by atoms with Gasteiger partial charge in [0.15, 0.2) is 0 Å². The summed E-state index contributed by atoms with van der Waals surface area (Å²) < 4.78 is 0. The first-order valence-electron chi connectivity index (χ1n) is 7.88. The zero-order chi connectivity index (χ0) is 15.9. The molecule has 0 atom stereocenters. The molecule has 0 bridgehead atoms. The molecule has 0 spiro atoms. The van der Waals surface area contributed by atoms with Crippen molar-refractivity contribution in [1.29, 1.82) is 0 Å². The SMILES string of the molecule is Cc1c(Cl)cccc1NC(=O)CNC(=O)CCC1CCCC1. The van der Waals surface area contributed by atoms with E-state index in [0.717, 1.165) is 12.0 Å². The Bertz CT molecular complexity index is 539. The normalized spacial score (nSPS) is 14.8. The highest BCUT2D eigenvalue weighted by Gasteiger charge is 2.16. The highest BCUT2D eigenvalue weighted by atomic mass is 35.5. The van der Waals surface area contributed by atoms with Crippen LogP contribution in [0.4, 0.5) is 5.69 Å². The Labute approximate surface area is 136 Å². The second-order valence-corrected chi connectivity index (χ2v) is 6.33. The first-order chi connectivity index (χ1) is 10.6. The molecule has 0 aromatic heterocycles. The Morgan fingerprint density at radius 3 is 2.68 bits per heavy atom. The second kappa shape index (κ2) is 8.18. The van der Waals surface area contributed by atoms with E-state index in [1.54, 1.807) is 18.2 Å². The van der Waals surface area contributed by atoms with E-state index in [1.807, 2.05) is 6.92 Å². The number of benzene rings is 1. The Balaban J connectivity index is 1.70. The van der Waals surface area contributed by atoms with Crippen LogP contribution in [0.25, 0.3) is 0 Å². The van der Waals surface area contributed by atoms with Crippen molar-refractivity contribution in [2.24, 2.45) is 5.92 Å². The van der Waals surface area contributed by atoms with E-state index in [9.17, 15) is 9.59 Å². The van der Waals surface area contributed by atoms with Crippen molar-refractivity contribution in [2.75, 3.05) is 11.9 Å². The maximum Gasteiger partial charge on any atom is 0.243 e. The third-order valence-electron chi connectivity index (χ3n) is 4.24. The van der Waals surface area contributed by atoms with Gasteiger partial charge in [0, 0.05) is 17.1 Å². The van der Waals surface area contributed by atoms with Gasteiger partial charge in [0.05, 0.1) is 6.54 Å². The molecule has 120 valence electrons. The third kappa shape index (κ3) is 5.02. The molecule has 2 N–H and O–H groups in total. The van der Waals surface area contributed by atoms with Gasteiger partial charge in [0.2, 0.25) is 11.8 Å². The van der Waals surface area contributed by atoms with Gasteiger partial charge in [-0.25, -0.2) is 0 Å². The largest absolute Gasteiger partial charge is 0.347 e. The van der Waals surface area contributed by atoms with Gasteiger partial charge >= 0.3 is 0 Å². The molecule has 0 unspecified atom stereocenters. The van der Waals surface area contributed by atoms with Gasteiger partial charge in [-0.05, 0) is 37.0 Å². The van der Waals surface area contributed by atoms with E-state index >= 15 is 0 Å². The molecule has 0 radical (unpaired) electrons. The maximum absolute atomic E-state index is 11.9. The molecule has 0 aliphatic heterocycles. The van der Waals surface area contributed by atoms with Crippen molar-refractivity contribution in [3.8, 4) is 0 Å². The molecule has 1 fully saturated rings. The van der Waals surface area contributed by atoms with Gasteiger partial charge in [-0.15, -0.1) is 0 Å². The lowest BCUT2D eigenvalue weighted by Crippen LogP contribution is -2.33. The summed E-state index contributed by atoms with van der Waals surface area (Å²) in [6.45, 7) is 1.84. The topological polar surface area (TPSA) is 58.2 Å². The summed E-state index contributed by atoms with van der Waals surface area (Å²) in [5.41, 5.74) is 1.50. The van der Waals surface area contributed by atoms with Crippen molar-refractivity contribution in [1.82, 2.24) is 5.32 Å². The lowest BCUT2D eigenvalue weighted by molar-refractivity contribution is -0.124. The van der Waals surface area contributed by atoms with Crippen molar-refractivity contribution >= 4 is 29.1 Å². The number of nitrogens with one attached hydrogen (secondary N) is 2. The number of rotatable bonds is 6. The Morgan fingerprint density at radius 1 is 1.23 bits per heavy atom. The van der Waals surface area contributed by atoms with Crippen molar-refractivity contribution in [3.05, 3.63) is 28.8 Å². The number of hydrogen-bond donors (Lipinski definition) is 2. The van der Waals surface area contributed by atoms with Crippen molar-refractivity contribution in [2.45, 2.75) is 45.4 Å². The highest BCUT2D eigenvalue weighted by molar-refractivity contribution is 6.31. The molecule has 1 aliphatic carbocycles. The minimum atomic E-state index is -0.236. The zero-order valence-electron chi connectivity index (χ0n) is 13.0. The van der Waals surface area contributed by atoms with E-state index in [4.69, 9.17) is 11.6 Å². The summed E-state index contributed by atoms with van der Waals surface area (Å²) in [4.78, 5) is 23.6. The Morgan fingerprint density at radius 2 is 1.95 bits per heavy atom. The lowest BCUT2D eigenvalue weighted by atomic mass is 10.0. The van der Waals surface area contributed by atoms with Crippen LogP contribution in [-0.2, 0) is 9.59 Å². The smallest absolute Gasteiger partial charge is 0.243 e. The zero-order valence-corrected chi connectivity index (χ0v) is 13.7. The highest BCUT2D eigenvalue weighted by Crippen LogP contribution is 2.28. The van der Waals surface area contributed by atoms with Crippen molar-refractivity contribution in [3.63, 3.8) is 0 Å². The average Bonchev–Trinajstić information content (AvgIpc) is 3.01. The number of hydrogen-bond acceptors (Lipinski definition) is 2. The van der Waals surface area contributed by atoms with Gasteiger partial charge < -0.3 is 10.6 Å². The predicted molar refractivity (Wildman–Crippen MR) is 89.0 cm³/mol. The molecule has 2 rings (SSSR count). The summed E-state index contributed by atoms with van der Waals surface area (Å²) in [6, 6.07) is 5.35. The lowest BCUT2D eigenvalue weighted by Gasteiger charge is -2.11. The molecular formula is C17H23ClN2O2. The monoisotopic (exact) mass is 322 g/mol. The summed E-state index contributed by atoms with van der Waals surface area (Å²) in [5, 5.41) is 6.05. The van der Waals surface area contributed by atoms with E-state index < -0.39 is 0 Å². The van der Waals surface area contributed by atoms with E-state index in [-0.39, 0.29) is 18.4 Å². The van der Waals surface area contributed by atoms with Crippen LogP contribution >= 0.6 is 11.6 Å². The fourth-order valence-corrected chi connectivity index (χ4v) is 3.01. The maximum atomic E-state index is 11.9. The van der Waals surface area contributed by atoms with Crippen LogP contribution in [0, 0.1) is 12.8 Å². The number of carbonyl (C=O) groups is 2. The Hall–Kier alpha value is -1.55. The third-order valence-corrected chi connectivity index (χ3v) is 4.65. The molecule has 1 aromatic rings. The molecule has 1 saturated carbocycles. The van der Waals surface area contributed by atoms with Gasteiger partial charge in [0.25, 0.3) is 0 Å². The molecule has 22 heavy (non-hydrogen) atoms.